The second-order valence-electron chi connectivity index (χ2n) is 7.61. The Balaban J connectivity index is 1.30. The molecule has 0 saturated heterocycles. The summed E-state index contributed by atoms with van der Waals surface area (Å²) in [7, 11) is 0. The maximum Gasteiger partial charge on any atom is 0.320 e. The monoisotopic (exact) mass is 402 g/mol. The van der Waals surface area contributed by atoms with Gasteiger partial charge in [0.2, 0.25) is 0 Å². The van der Waals surface area contributed by atoms with Crippen LogP contribution < -0.4 is 10.6 Å². The molecule has 0 bridgehead atoms. The van der Waals surface area contributed by atoms with Gasteiger partial charge in [-0.15, -0.1) is 17.8 Å². The van der Waals surface area contributed by atoms with E-state index < -0.39 is 0 Å². The zero-order valence-electron chi connectivity index (χ0n) is 16.1. The van der Waals surface area contributed by atoms with E-state index in [2.05, 4.69) is 56.7 Å². The van der Waals surface area contributed by atoms with Crippen LogP contribution in [0.2, 0.25) is 0 Å². The molecule has 2 aliphatic rings. The zero-order valence-corrected chi connectivity index (χ0v) is 16.9. The predicted octanol–water partition coefficient (Wildman–Crippen LogP) is 5.04. The Labute approximate surface area is 175 Å². The van der Waals surface area contributed by atoms with Gasteiger partial charge >= 0.3 is 6.03 Å². The fourth-order valence-electron chi connectivity index (χ4n) is 3.72. The maximum absolute atomic E-state index is 12.1. The molecule has 2 aromatic rings. The van der Waals surface area contributed by atoms with Gasteiger partial charge in [0.1, 0.15) is 5.82 Å². The van der Waals surface area contributed by atoms with E-state index in [4.69, 9.17) is 13.0 Å². The van der Waals surface area contributed by atoms with Crippen LogP contribution in [-0.4, -0.2) is 17.6 Å². The number of nitrogens with zero attached hydrogens (tertiary/aromatic N) is 2. The van der Waals surface area contributed by atoms with Crippen molar-refractivity contribution in [3.63, 3.8) is 0 Å². The van der Waals surface area contributed by atoms with Crippen LogP contribution in [-0.2, 0) is 5.54 Å². The summed E-state index contributed by atoms with van der Waals surface area (Å²) in [5.41, 5.74) is 3.47. The normalized spacial score (nSPS) is 19.4. The second-order valence-corrected chi connectivity index (χ2v) is 8.47. The van der Waals surface area contributed by atoms with Gasteiger partial charge in [-0.2, -0.15) is 0 Å². The number of thiazole rings is 1. The van der Waals surface area contributed by atoms with Crippen molar-refractivity contribution in [2.45, 2.75) is 37.6 Å². The number of terminal acetylenes is 1. The van der Waals surface area contributed by atoms with Gasteiger partial charge in [0.15, 0.2) is 5.01 Å². The molecule has 5 nitrogen and oxygen atoms in total. The van der Waals surface area contributed by atoms with Gasteiger partial charge in [0, 0.05) is 30.3 Å². The number of nitrogens with one attached hydrogen (secondary N) is 2. The Kier molecular flexibility index (Phi) is 5.38. The van der Waals surface area contributed by atoms with Crippen LogP contribution >= 0.6 is 11.3 Å². The molecule has 1 saturated carbocycles. The van der Waals surface area contributed by atoms with E-state index in [0.29, 0.717) is 23.3 Å². The average Bonchev–Trinajstić information content (AvgIpc) is 3.45. The molecule has 2 amide bonds. The number of carbonyl (C=O) groups is 1. The minimum absolute atomic E-state index is 0.254. The van der Waals surface area contributed by atoms with Crippen LogP contribution in [0.15, 0.2) is 35.7 Å². The first-order chi connectivity index (χ1) is 14.1. The van der Waals surface area contributed by atoms with Crippen molar-refractivity contribution in [1.29, 1.82) is 0 Å². The number of hydrogen-bond donors (Lipinski definition) is 2. The Bertz CT molecular complexity index is 1040. The topological polar surface area (TPSA) is 58.4 Å². The fraction of sp³-hybridized carbons (Fsp3) is 0.348. The molecular formula is C23H22N4OS. The first kappa shape index (κ1) is 19.2. The summed E-state index contributed by atoms with van der Waals surface area (Å²) in [6.45, 7) is 8.10. The molecule has 0 spiro atoms. The lowest BCUT2D eigenvalue weighted by Gasteiger charge is -2.22. The first-order valence-electron chi connectivity index (χ1n) is 9.77. The molecule has 0 aliphatic heterocycles. The average molecular weight is 403 g/mol. The minimum atomic E-state index is -0.261. The molecule has 1 aromatic carbocycles. The summed E-state index contributed by atoms with van der Waals surface area (Å²) >= 11 is 1.33. The summed E-state index contributed by atoms with van der Waals surface area (Å²) < 4.78 is 0. The third kappa shape index (κ3) is 4.34. The molecule has 4 rings (SSSR count). The number of urea groups is 1. The smallest absolute Gasteiger partial charge is 0.320 e. The third-order valence-corrected chi connectivity index (χ3v) is 6.42. The Morgan fingerprint density at radius 3 is 2.97 bits per heavy atom. The number of carbonyl (C=O) groups excluding carboxylic acids is 1. The van der Waals surface area contributed by atoms with Crippen molar-refractivity contribution in [1.82, 2.24) is 10.3 Å². The Morgan fingerprint density at radius 2 is 2.31 bits per heavy atom. The lowest BCUT2D eigenvalue weighted by Crippen LogP contribution is -2.33. The van der Waals surface area contributed by atoms with E-state index in [9.17, 15) is 4.79 Å². The van der Waals surface area contributed by atoms with Crippen LogP contribution in [0.5, 0.6) is 0 Å². The number of aromatic nitrogens is 1. The number of amides is 2. The number of anilines is 1. The highest BCUT2D eigenvalue weighted by Gasteiger charge is 2.52. The first-order valence-corrected chi connectivity index (χ1v) is 10.7. The van der Waals surface area contributed by atoms with Gasteiger partial charge in [0.05, 0.1) is 0 Å². The van der Waals surface area contributed by atoms with E-state index in [-0.39, 0.29) is 11.6 Å². The van der Waals surface area contributed by atoms with Gasteiger partial charge in [0.25, 0.3) is 5.54 Å². The highest BCUT2D eigenvalue weighted by Crippen LogP contribution is 2.50. The molecule has 2 aliphatic carbocycles. The van der Waals surface area contributed by atoms with Crippen LogP contribution in [0.1, 0.15) is 48.2 Å². The van der Waals surface area contributed by atoms with Gasteiger partial charge in [-0.05, 0) is 48.3 Å². The van der Waals surface area contributed by atoms with Gasteiger partial charge in [-0.25, -0.2) is 16.4 Å². The van der Waals surface area contributed by atoms with Crippen molar-refractivity contribution in [2.75, 3.05) is 11.9 Å². The molecule has 1 aromatic heterocycles. The summed E-state index contributed by atoms with van der Waals surface area (Å²) in [6, 6.07) is 8.23. The van der Waals surface area contributed by atoms with Crippen molar-refractivity contribution in [2.24, 2.45) is 5.92 Å². The minimum Gasteiger partial charge on any atom is -0.338 e. The van der Waals surface area contributed by atoms with E-state index in [1.54, 1.807) is 5.38 Å². The van der Waals surface area contributed by atoms with Gasteiger partial charge in [-0.1, -0.05) is 24.3 Å². The van der Waals surface area contributed by atoms with E-state index in [1.807, 2.05) is 0 Å². The van der Waals surface area contributed by atoms with Crippen molar-refractivity contribution < 1.29 is 4.79 Å². The maximum atomic E-state index is 12.1. The van der Waals surface area contributed by atoms with Crippen LogP contribution in [0.3, 0.4) is 0 Å². The molecule has 146 valence electrons. The van der Waals surface area contributed by atoms with E-state index >= 15 is 0 Å². The summed E-state index contributed by atoms with van der Waals surface area (Å²) in [5.74, 6) is 3.36. The van der Waals surface area contributed by atoms with Gasteiger partial charge in [-0.3, -0.25) is 5.32 Å². The number of allylic oxidation sites excluding steroid dienone is 2. The van der Waals surface area contributed by atoms with Crippen LogP contribution in [0, 0.1) is 24.8 Å². The molecule has 1 heterocycles. The lowest BCUT2D eigenvalue weighted by atomic mass is 9.85. The van der Waals surface area contributed by atoms with Gasteiger partial charge < -0.3 is 10.2 Å². The standard InChI is InChI=1S/C23H22N4OS/c1-3-21-26-20(15-29-21)27-22(28)25-14-16-7-9-17(10-8-16)18-5-4-6-19(13-18)23(24-2)11-12-23/h1,4-6,9,13,15-16H,7-8,10-12,14H2,(H2,25,27,28). The summed E-state index contributed by atoms with van der Waals surface area (Å²) in [4.78, 5) is 20.0. The van der Waals surface area contributed by atoms with Crippen molar-refractivity contribution in [3.8, 4) is 12.3 Å². The Morgan fingerprint density at radius 1 is 1.45 bits per heavy atom. The molecule has 29 heavy (non-hydrogen) atoms. The largest absolute Gasteiger partial charge is 0.338 e. The summed E-state index contributed by atoms with van der Waals surface area (Å²) in [5, 5.41) is 7.93. The fourth-order valence-corrected chi connectivity index (χ4v) is 4.28. The van der Waals surface area contributed by atoms with Crippen LogP contribution in [0.4, 0.5) is 10.6 Å². The van der Waals surface area contributed by atoms with Crippen LogP contribution in [0.25, 0.3) is 10.4 Å². The lowest BCUT2D eigenvalue weighted by molar-refractivity contribution is 0.249. The van der Waals surface area contributed by atoms with Crippen molar-refractivity contribution >= 4 is 28.8 Å². The number of benzene rings is 1. The quantitative estimate of drug-likeness (QED) is 0.544. The number of hydrogen-bond acceptors (Lipinski definition) is 3. The highest BCUT2D eigenvalue weighted by molar-refractivity contribution is 7.10. The summed E-state index contributed by atoms with van der Waals surface area (Å²) in [6.07, 6.45) is 12.5. The van der Waals surface area contributed by atoms with E-state index in [0.717, 1.165) is 37.7 Å². The molecule has 0 radical (unpaired) electrons. The highest BCUT2D eigenvalue weighted by atomic mass is 32.1. The second kappa shape index (κ2) is 8.11. The molecular weight excluding hydrogens is 380 g/mol. The molecule has 1 fully saturated rings. The predicted molar refractivity (Wildman–Crippen MR) is 116 cm³/mol. The zero-order chi connectivity index (χ0) is 20.3. The molecule has 1 unspecified atom stereocenters. The number of rotatable bonds is 5. The Hall–Kier alpha value is -3.09. The SMILES string of the molecule is [C-]#[N+]C1(c2cccc(C3=CCC(CNC(=O)Nc4csc(C#C)n4)CC3)c2)CC1. The molecule has 2 N–H and O–H groups in total. The molecule has 1 atom stereocenters. The van der Waals surface area contributed by atoms with Crippen molar-refractivity contribution in [3.05, 3.63) is 63.3 Å². The van der Waals surface area contributed by atoms with E-state index in [1.165, 1.54) is 22.5 Å². The third-order valence-electron chi connectivity index (χ3n) is 5.65. The molecule has 6 heteroatoms.